The lowest BCUT2D eigenvalue weighted by Crippen LogP contribution is -2.28. The number of aryl methyl sites for hydroxylation is 1. The highest BCUT2D eigenvalue weighted by atomic mass is 32.1. The quantitative estimate of drug-likeness (QED) is 0.893. The highest BCUT2D eigenvalue weighted by molar-refractivity contribution is 7.13. The Hall–Kier alpha value is -1.29. The van der Waals surface area contributed by atoms with E-state index in [1.165, 1.54) is 35.5 Å². The van der Waals surface area contributed by atoms with E-state index in [2.05, 4.69) is 41.4 Å². The first-order chi connectivity index (χ1) is 9.17. The molecule has 2 aromatic rings. The summed E-state index contributed by atoms with van der Waals surface area (Å²) >= 11 is 1.79. The molecule has 1 fully saturated rings. The van der Waals surface area contributed by atoms with Gasteiger partial charge in [0, 0.05) is 12.6 Å². The SMILES string of the molecule is Cc1ccsc1-c1cc2n(n1)C(C1(C)CC1)CCN2. The Morgan fingerprint density at radius 1 is 1.47 bits per heavy atom. The van der Waals surface area contributed by atoms with Crippen molar-refractivity contribution in [3.05, 3.63) is 23.1 Å². The Morgan fingerprint density at radius 2 is 2.32 bits per heavy atom. The fraction of sp³-hybridized carbons (Fsp3) is 0.533. The zero-order chi connectivity index (χ0) is 13.0. The Labute approximate surface area is 117 Å². The van der Waals surface area contributed by atoms with Crippen molar-refractivity contribution in [2.24, 2.45) is 5.41 Å². The molecule has 19 heavy (non-hydrogen) atoms. The van der Waals surface area contributed by atoms with Crippen LogP contribution in [0.2, 0.25) is 0 Å². The second-order valence-corrected chi connectivity index (χ2v) is 7.09. The molecule has 0 radical (unpaired) electrons. The van der Waals surface area contributed by atoms with E-state index in [1.54, 1.807) is 11.3 Å². The van der Waals surface area contributed by atoms with Crippen LogP contribution < -0.4 is 5.32 Å². The average molecular weight is 273 g/mol. The topological polar surface area (TPSA) is 29.9 Å². The molecule has 1 N–H and O–H groups in total. The molecule has 1 saturated carbocycles. The molecule has 1 aliphatic carbocycles. The highest BCUT2D eigenvalue weighted by Crippen LogP contribution is 2.56. The standard InChI is InChI=1S/C15H19N3S/c1-10-4-8-19-14(10)11-9-13-16-7-3-12(18(13)17-11)15(2)5-6-15/h4,8-9,12,16H,3,5-7H2,1-2H3. The van der Waals surface area contributed by atoms with Crippen LogP contribution in [-0.4, -0.2) is 16.3 Å². The van der Waals surface area contributed by atoms with Gasteiger partial charge in [-0.05, 0) is 48.6 Å². The van der Waals surface area contributed by atoms with Crippen molar-refractivity contribution in [1.82, 2.24) is 9.78 Å². The zero-order valence-electron chi connectivity index (χ0n) is 11.4. The first kappa shape index (κ1) is 11.5. The molecule has 4 rings (SSSR count). The van der Waals surface area contributed by atoms with E-state index in [4.69, 9.17) is 5.10 Å². The lowest BCUT2D eigenvalue weighted by atomic mass is 9.95. The van der Waals surface area contributed by atoms with Crippen LogP contribution in [0.4, 0.5) is 5.82 Å². The summed E-state index contributed by atoms with van der Waals surface area (Å²) in [6.45, 7) is 5.65. The number of aromatic nitrogens is 2. The van der Waals surface area contributed by atoms with Crippen molar-refractivity contribution in [2.75, 3.05) is 11.9 Å². The van der Waals surface area contributed by atoms with Gasteiger partial charge in [-0.1, -0.05) is 6.92 Å². The van der Waals surface area contributed by atoms with Crippen LogP contribution in [0.25, 0.3) is 10.6 Å². The number of hydrogen-bond acceptors (Lipinski definition) is 3. The van der Waals surface area contributed by atoms with E-state index in [-0.39, 0.29) is 0 Å². The van der Waals surface area contributed by atoms with E-state index < -0.39 is 0 Å². The lowest BCUT2D eigenvalue weighted by Gasteiger charge is -2.30. The summed E-state index contributed by atoms with van der Waals surface area (Å²) in [5.74, 6) is 1.20. The molecule has 3 nitrogen and oxygen atoms in total. The number of rotatable bonds is 2. The molecular formula is C15H19N3S. The number of nitrogens with one attached hydrogen (secondary N) is 1. The van der Waals surface area contributed by atoms with E-state index in [1.807, 2.05) is 0 Å². The van der Waals surface area contributed by atoms with E-state index >= 15 is 0 Å². The predicted molar refractivity (Wildman–Crippen MR) is 79.8 cm³/mol. The molecule has 1 atom stereocenters. The van der Waals surface area contributed by atoms with Gasteiger partial charge in [-0.15, -0.1) is 11.3 Å². The van der Waals surface area contributed by atoms with Gasteiger partial charge in [0.15, 0.2) is 0 Å². The summed E-state index contributed by atoms with van der Waals surface area (Å²) in [4.78, 5) is 1.31. The van der Waals surface area contributed by atoms with E-state index in [0.29, 0.717) is 11.5 Å². The van der Waals surface area contributed by atoms with Crippen LogP contribution in [0.3, 0.4) is 0 Å². The fourth-order valence-corrected chi connectivity index (χ4v) is 4.03. The minimum Gasteiger partial charge on any atom is -0.370 e. The molecule has 4 heteroatoms. The van der Waals surface area contributed by atoms with Gasteiger partial charge in [0.05, 0.1) is 10.9 Å². The highest BCUT2D eigenvalue weighted by Gasteiger charge is 2.47. The molecule has 0 saturated heterocycles. The second-order valence-electron chi connectivity index (χ2n) is 6.18. The summed E-state index contributed by atoms with van der Waals surface area (Å²) in [5.41, 5.74) is 2.95. The normalized spacial score (nSPS) is 23.8. The Kier molecular flexibility index (Phi) is 2.34. The largest absolute Gasteiger partial charge is 0.370 e. The molecule has 3 heterocycles. The summed E-state index contributed by atoms with van der Waals surface area (Å²) < 4.78 is 2.25. The number of thiophene rings is 1. The molecular weight excluding hydrogens is 254 g/mol. The third kappa shape index (κ3) is 1.73. The van der Waals surface area contributed by atoms with Crippen molar-refractivity contribution >= 4 is 17.2 Å². The molecule has 1 unspecified atom stereocenters. The first-order valence-electron chi connectivity index (χ1n) is 7.05. The maximum Gasteiger partial charge on any atom is 0.125 e. The van der Waals surface area contributed by atoms with Gasteiger partial charge in [0.2, 0.25) is 0 Å². The van der Waals surface area contributed by atoms with E-state index in [0.717, 1.165) is 12.2 Å². The molecule has 2 aliphatic rings. The summed E-state index contributed by atoms with van der Waals surface area (Å²) in [7, 11) is 0. The third-order valence-corrected chi connectivity index (χ3v) is 5.73. The zero-order valence-corrected chi connectivity index (χ0v) is 12.3. The van der Waals surface area contributed by atoms with Crippen molar-refractivity contribution < 1.29 is 0 Å². The van der Waals surface area contributed by atoms with Crippen LogP contribution in [0.1, 0.15) is 37.8 Å². The maximum atomic E-state index is 4.91. The summed E-state index contributed by atoms with van der Waals surface area (Å²) in [5, 5.41) is 10.6. The summed E-state index contributed by atoms with van der Waals surface area (Å²) in [6, 6.07) is 4.97. The minimum absolute atomic E-state index is 0.491. The molecule has 0 bridgehead atoms. The maximum absolute atomic E-state index is 4.91. The third-order valence-electron chi connectivity index (χ3n) is 4.69. The van der Waals surface area contributed by atoms with Gasteiger partial charge in [-0.3, -0.25) is 0 Å². The molecule has 0 spiro atoms. The second kappa shape index (κ2) is 3.85. The Morgan fingerprint density at radius 3 is 3.00 bits per heavy atom. The predicted octanol–water partition coefficient (Wildman–Crippen LogP) is 4.08. The fourth-order valence-electron chi connectivity index (χ4n) is 3.14. The van der Waals surface area contributed by atoms with Gasteiger partial charge < -0.3 is 5.32 Å². The van der Waals surface area contributed by atoms with Gasteiger partial charge >= 0.3 is 0 Å². The van der Waals surface area contributed by atoms with Crippen LogP contribution in [0, 0.1) is 12.3 Å². The van der Waals surface area contributed by atoms with Crippen LogP contribution in [0.15, 0.2) is 17.5 Å². The number of fused-ring (bicyclic) bond motifs is 1. The van der Waals surface area contributed by atoms with Gasteiger partial charge in [-0.2, -0.15) is 5.10 Å². The number of hydrogen-bond donors (Lipinski definition) is 1. The van der Waals surface area contributed by atoms with Gasteiger partial charge in [-0.25, -0.2) is 4.68 Å². The van der Waals surface area contributed by atoms with Crippen LogP contribution in [-0.2, 0) is 0 Å². The lowest BCUT2D eigenvalue weighted by molar-refractivity contribution is 0.285. The van der Waals surface area contributed by atoms with Crippen LogP contribution in [0.5, 0.6) is 0 Å². The smallest absolute Gasteiger partial charge is 0.125 e. The minimum atomic E-state index is 0.491. The molecule has 100 valence electrons. The van der Waals surface area contributed by atoms with Crippen molar-refractivity contribution in [1.29, 1.82) is 0 Å². The van der Waals surface area contributed by atoms with Gasteiger partial charge in [0.1, 0.15) is 11.5 Å². The molecule has 0 amide bonds. The Balaban J connectivity index is 1.78. The molecule has 1 aliphatic heterocycles. The van der Waals surface area contributed by atoms with Crippen molar-refractivity contribution in [3.63, 3.8) is 0 Å². The summed E-state index contributed by atoms with van der Waals surface area (Å²) in [6.07, 6.45) is 3.91. The van der Waals surface area contributed by atoms with Gasteiger partial charge in [0.25, 0.3) is 0 Å². The average Bonchev–Trinajstić information content (AvgIpc) is 2.85. The first-order valence-corrected chi connectivity index (χ1v) is 7.93. The van der Waals surface area contributed by atoms with Crippen molar-refractivity contribution in [2.45, 2.75) is 39.2 Å². The monoisotopic (exact) mass is 273 g/mol. The number of anilines is 1. The van der Waals surface area contributed by atoms with Crippen molar-refractivity contribution in [3.8, 4) is 10.6 Å². The van der Waals surface area contributed by atoms with Crippen LogP contribution >= 0.6 is 11.3 Å². The Bertz CT molecular complexity index is 621. The van der Waals surface area contributed by atoms with E-state index in [9.17, 15) is 0 Å². The number of nitrogens with zero attached hydrogens (tertiary/aromatic N) is 2. The molecule has 0 aromatic carbocycles. The molecule has 2 aromatic heterocycles.